The maximum Gasteiger partial charge on any atom is 0.245 e. The van der Waals surface area contributed by atoms with Crippen LogP contribution in [0.5, 0.6) is 0 Å². The number of piperidine rings is 1. The summed E-state index contributed by atoms with van der Waals surface area (Å²) in [4.78, 5) is 1.63. The molecule has 5 nitrogen and oxygen atoms in total. The highest BCUT2D eigenvalue weighted by molar-refractivity contribution is 7.89. The molecule has 2 aliphatic heterocycles. The van der Waals surface area contributed by atoms with E-state index in [-0.39, 0.29) is 19.1 Å². The molecule has 0 atom stereocenters. The summed E-state index contributed by atoms with van der Waals surface area (Å²) in [5, 5.41) is 0.645. The maximum atomic E-state index is 14.0. The number of halogens is 3. The Balaban J connectivity index is 1.50. The number of anilines is 1. The van der Waals surface area contributed by atoms with E-state index < -0.39 is 26.6 Å². The summed E-state index contributed by atoms with van der Waals surface area (Å²) in [6.07, 6.45) is 1.15. The summed E-state index contributed by atoms with van der Waals surface area (Å²) in [7, 11) is -4.01. The minimum atomic E-state index is -4.01. The van der Waals surface area contributed by atoms with Gasteiger partial charge in [-0.3, -0.25) is 0 Å². The number of rotatable bonds is 3. The largest absolute Gasteiger partial charge is 0.356 e. The first-order chi connectivity index (χ1) is 13.4. The Bertz CT molecular complexity index is 995. The van der Waals surface area contributed by atoms with Crippen molar-refractivity contribution in [1.29, 1.82) is 0 Å². The van der Waals surface area contributed by atoms with Gasteiger partial charge >= 0.3 is 0 Å². The van der Waals surface area contributed by atoms with Crippen LogP contribution in [0.15, 0.2) is 41.3 Å². The Morgan fingerprint density at radius 2 is 1.82 bits per heavy atom. The molecule has 0 amide bonds. The zero-order chi connectivity index (χ0) is 19.9. The second-order valence-electron chi connectivity index (χ2n) is 6.93. The van der Waals surface area contributed by atoms with Crippen LogP contribution in [0.2, 0.25) is 5.02 Å². The highest BCUT2D eigenvalue weighted by Crippen LogP contribution is 2.33. The lowest BCUT2D eigenvalue weighted by Gasteiger charge is -2.41. The van der Waals surface area contributed by atoms with Gasteiger partial charge in [0.05, 0.1) is 6.61 Å². The highest BCUT2D eigenvalue weighted by atomic mass is 35.5. The number of hydrogen-bond acceptors (Lipinski definition) is 4. The summed E-state index contributed by atoms with van der Waals surface area (Å²) in [5.41, 5.74) is 2.05. The van der Waals surface area contributed by atoms with E-state index in [0.717, 1.165) is 23.4 Å². The third kappa shape index (κ3) is 3.61. The van der Waals surface area contributed by atoms with Crippen LogP contribution in [0, 0.1) is 11.6 Å². The fraction of sp³-hybridized carbons (Fsp3) is 0.368. The number of nitrogens with zero attached hydrogens (tertiary/aromatic N) is 2. The van der Waals surface area contributed by atoms with Crippen LogP contribution in [-0.2, 0) is 21.4 Å². The molecule has 0 N–H and O–H groups in total. The fourth-order valence-electron chi connectivity index (χ4n) is 3.79. The third-order valence-electron chi connectivity index (χ3n) is 5.21. The molecule has 0 saturated carbocycles. The molecule has 2 aromatic carbocycles. The van der Waals surface area contributed by atoms with Crippen LogP contribution in [-0.4, -0.2) is 38.6 Å². The van der Waals surface area contributed by atoms with Gasteiger partial charge in [0.2, 0.25) is 10.0 Å². The second-order valence-corrected chi connectivity index (χ2v) is 9.27. The topological polar surface area (TPSA) is 49.9 Å². The first-order valence-corrected chi connectivity index (χ1v) is 10.8. The van der Waals surface area contributed by atoms with Gasteiger partial charge in [-0.2, -0.15) is 4.31 Å². The van der Waals surface area contributed by atoms with Gasteiger partial charge in [-0.05, 0) is 43.2 Å². The molecule has 150 valence electrons. The van der Waals surface area contributed by atoms with E-state index in [0.29, 0.717) is 37.3 Å². The van der Waals surface area contributed by atoms with Crippen molar-refractivity contribution in [3.63, 3.8) is 0 Å². The zero-order valence-electron chi connectivity index (χ0n) is 14.9. The van der Waals surface area contributed by atoms with Gasteiger partial charge in [0.25, 0.3) is 0 Å². The lowest BCUT2D eigenvalue weighted by Crippen LogP contribution is -2.48. The van der Waals surface area contributed by atoms with E-state index in [4.69, 9.17) is 16.3 Å². The predicted molar refractivity (Wildman–Crippen MR) is 102 cm³/mol. The highest BCUT2D eigenvalue weighted by Gasteiger charge is 2.34. The number of hydrogen-bond donors (Lipinski definition) is 0. The number of fused-ring (bicyclic) bond motifs is 1. The molecule has 0 aliphatic carbocycles. The molecule has 4 rings (SSSR count). The summed E-state index contributed by atoms with van der Waals surface area (Å²) < 4.78 is 59.5. The Kier molecular flexibility index (Phi) is 5.30. The maximum absolute atomic E-state index is 14.0. The molecule has 0 radical (unpaired) electrons. The minimum Gasteiger partial charge on any atom is -0.356 e. The fourth-order valence-corrected chi connectivity index (χ4v) is 5.50. The van der Waals surface area contributed by atoms with Gasteiger partial charge in [0.15, 0.2) is 0 Å². The molecule has 0 bridgehead atoms. The van der Waals surface area contributed by atoms with Crippen LogP contribution in [0.4, 0.5) is 14.5 Å². The average Bonchev–Trinajstić information content (AvgIpc) is 2.67. The molecular formula is C19H19ClF2N2O3S. The summed E-state index contributed by atoms with van der Waals surface area (Å²) in [6.45, 7) is 1.43. The van der Waals surface area contributed by atoms with Gasteiger partial charge in [0, 0.05) is 41.5 Å². The molecule has 9 heteroatoms. The molecule has 2 heterocycles. The van der Waals surface area contributed by atoms with Gasteiger partial charge in [-0.1, -0.05) is 11.6 Å². The Morgan fingerprint density at radius 3 is 2.54 bits per heavy atom. The Labute approximate surface area is 167 Å². The quantitative estimate of drug-likeness (QED) is 0.746. The minimum absolute atomic E-state index is 0.102. The molecular weight excluding hydrogens is 410 g/mol. The van der Waals surface area contributed by atoms with E-state index in [2.05, 4.69) is 4.90 Å². The van der Waals surface area contributed by atoms with Crippen LogP contribution in [0.25, 0.3) is 0 Å². The van der Waals surface area contributed by atoms with E-state index in [1.54, 1.807) is 0 Å². The molecule has 0 unspecified atom stereocenters. The van der Waals surface area contributed by atoms with Crippen molar-refractivity contribution in [2.45, 2.75) is 30.4 Å². The van der Waals surface area contributed by atoms with E-state index in [1.165, 1.54) is 4.31 Å². The van der Waals surface area contributed by atoms with Crippen LogP contribution >= 0.6 is 11.6 Å². The molecule has 2 aromatic rings. The summed E-state index contributed by atoms with van der Waals surface area (Å²) in [5.74, 6) is -1.88. The number of benzene rings is 2. The predicted octanol–water partition coefficient (Wildman–Crippen LogP) is 3.77. The lowest BCUT2D eigenvalue weighted by atomic mass is 10.0. The Hall–Kier alpha value is -1.74. The molecule has 1 saturated heterocycles. The van der Waals surface area contributed by atoms with Crippen LogP contribution < -0.4 is 4.90 Å². The number of ether oxygens (including phenoxy) is 1. The third-order valence-corrected chi connectivity index (χ3v) is 7.38. The van der Waals surface area contributed by atoms with Crippen molar-refractivity contribution < 1.29 is 21.9 Å². The molecule has 1 fully saturated rings. The first kappa shape index (κ1) is 19.6. The van der Waals surface area contributed by atoms with Gasteiger partial charge in [-0.25, -0.2) is 17.2 Å². The molecule has 2 aliphatic rings. The molecule has 0 spiro atoms. The monoisotopic (exact) mass is 428 g/mol. The van der Waals surface area contributed by atoms with Crippen molar-refractivity contribution in [2.75, 3.05) is 24.7 Å². The van der Waals surface area contributed by atoms with E-state index in [9.17, 15) is 17.2 Å². The van der Waals surface area contributed by atoms with Crippen molar-refractivity contribution in [1.82, 2.24) is 4.31 Å². The van der Waals surface area contributed by atoms with Gasteiger partial charge < -0.3 is 9.64 Å². The van der Waals surface area contributed by atoms with Crippen molar-refractivity contribution in [3.8, 4) is 0 Å². The lowest BCUT2D eigenvalue weighted by molar-refractivity contribution is 0.0988. The second kappa shape index (κ2) is 7.59. The normalized spacial score (nSPS) is 18.9. The first-order valence-electron chi connectivity index (χ1n) is 8.94. The van der Waals surface area contributed by atoms with Gasteiger partial charge in [0.1, 0.15) is 23.3 Å². The summed E-state index contributed by atoms with van der Waals surface area (Å²) in [6, 6.07) is 8.28. The van der Waals surface area contributed by atoms with Crippen molar-refractivity contribution in [2.24, 2.45) is 0 Å². The zero-order valence-corrected chi connectivity index (χ0v) is 16.5. The number of sulfonamides is 1. The van der Waals surface area contributed by atoms with Crippen molar-refractivity contribution >= 4 is 27.3 Å². The van der Waals surface area contributed by atoms with E-state index in [1.807, 2.05) is 18.2 Å². The van der Waals surface area contributed by atoms with E-state index >= 15 is 0 Å². The van der Waals surface area contributed by atoms with Gasteiger partial charge in [-0.15, -0.1) is 0 Å². The SMILES string of the molecule is O=S(=O)(c1ccc(F)cc1F)N1CCC(N2COCc3cc(Cl)ccc32)CC1. The molecule has 28 heavy (non-hydrogen) atoms. The molecule has 0 aromatic heterocycles. The van der Waals surface area contributed by atoms with Crippen LogP contribution in [0.1, 0.15) is 18.4 Å². The standard InChI is InChI=1S/C19H19ClF2N2O3S/c20-14-1-3-18-13(9-14)11-27-12-24(18)16-5-7-23(8-6-16)28(25,26)19-4-2-15(21)10-17(19)22/h1-4,9-10,16H,5-8,11-12H2. The Morgan fingerprint density at radius 1 is 1.07 bits per heavy atom. The average molecular weight is 429 g/mol. The smallest absolute Gasteiger partial charge is 0.245 e. The summed E-state index contributed by atoms with van der Waals surface area (Å²) >= 11 is 6.06. The van der Waals surface area contributed by atoms with Crippen molar-refractivity contribution in [3.05, 3.63) is 58.6 Å². The van der Waals surface area contributed by atoms with Crippen LogP contribution in [0.3, 0.4) is 0 Å².